The summed E-state index contributed by atoms with van der Waals surface area (Å²) in [6.07, 6.45) is 2.47. The van der Waals surface area contributed by atoms with E-state index in [1.54, 1.807) is 7.11 Å². The fraction of sp³-hybridized carbons (Fsp3) is 0.444. The number of ketones is 1. The molecule has 0 N–H and O–H groups in total. The molecule has 0 radical (unpaired) electrons. The molecule has 7 heteroatoms. The van der Waals surface area contributed by atoms with Gasteiger partial charge in [-0.1, -0.05) is 49.7 Å². The Morgan fingerprint density at radius 3 is 2.23 bits per heavy atom. The topological polar surface area (TPSA) is 59.1 Å². The number of anilines is 1. The number of rotatable bonds is 8. The predicted molar refractivity (Wildman–Crippen MR) is 174 cm³/mol. The van der Waals surface area contributed by atoms with Gasteiger partial charge in [-0.15, -0.1) is 0 Å². The highest BCUT2D eigenvalue weighted by Gasteiger charge is 2.36. The summed E-state index contributed by atoms with van der Waals surface area (Å²) in [5.41, 5.74) is 5.15. The number of hydrogen-bond donors (Lipinski definition) is 0. The fourth-order valence-corrected chi connectivity index (χ4v) is 5.95. The quantitative estimate of drug-likeness (QED) is 0.259. The molecule has 43 heavy (non-hydrogen) atoms. The zero-order chi connectivity index (χ0) is 31.3. The van der Waals surface area contributed by atoms with Crippen LogP contribution in [0.3, 0.4) is 0 Å². The van der Waals surface area contributed by atoms with Gasteiger partial charge in [-0.3, -0.25) is 9.69 Å². The van der Waals surface area contributed by atoms with E-state index in [0.29, 0.717) is 29.0 Å². The lowest BCUT2D eigenvalue weighted by molar-refractivity contribution is -0.118. The van der Waals surface area contributed by atoms with Crippen LogP contribution in [0.25, 0.3) is 0 Å². The molecule has 0 bridgehead atoms. The number of methoxy groups -OCH3 is 1. The van der Waals surface area contributed by atoms with Crippen LogP contribution in [-0.2, 0) is 16.0 Å². The molecule has 230 valence electrons. The summed E-state index contributed by atoms with van der Waals surface area (Å²) in [4.78, 5) is 27.7. The maximum atomic E-state index is 13.8. The molecule has 2 heterocycles. The number of benzene rings is 3. The number of halogens is 1. The number of ether oxygens (including phenoxy) is 2. The lowest BCUT2D eigenvalue weighted by Gasteiger charge is -2.38. The van der Waals surface area contributed by atoms with E-state index in [2.05, 4.69) is 62.9 Å². The van der Waals surface area contributed by atoms with Crippen molar-refractivity contribution >= 4 is 29.0 Å². The molecule has 1 amide bonds. The first kappa shape index (κ1) is 32.6. The summed E-state index contributed by atoms with van der Waals surface area (Å²) in [5, 5.41) is 0.665. The second-order valence-electron chi connectivity index (χ2n) is 12.0. The first-order valence-corrected chi connectivity index (χ1v) is 15.7. The monoisotopic (exact) mass is 604 g/mol. The Morgan fingerprint density at radius 1 is 1.02 bits per heavy atom. The van der Waals surface area contributed by atoms with Gasteiger partial charge in [-0.2, -0.15) is 0 Å². The first-order chi connectivity index (χ1) is 20.5. The molecule has 2 aliphatic rings. The van der Waals surface area contributed by atoms with Gasteiger partial charge in [0.15, 0.2) is 11.5 Å². The van der Waals surface area contributed by atoms with Crippen LogP contribution in [0.5, 0.6) is 11.5 Å². The molecular formula is C36H45ClN2O4. The molecule has 0 saturated carbocycles. The summed E-state index contributed by atoms with van der Waals surface area (Å²) < 4.78 is 11.9. The Kier molecular flexibility index (Phi) is 10.9. The highest BCUT2D eigenvalue weighted by atomic mass is 35.5. The second-order valence-corrected chi connectivity index (χ2v) is 12.4. The Hall–Kier alpha value is -3.35. The van der Waals surface area contributed by atoms with Crippen LogP contribution >= 0.6 is 11.6 Å². The zero-order valence-corrected chi connectivity index (χ0v) is 27.3. The molecule has 5 rings (SSSR count). The van der Waals surface area contributed by atoms with Crippen LogP contribution in [0.4, 0.5) is 5.69 Å². The molecule has 2 aliphatic heterocycles. The second kappa shape index (κ2) is 14.4. The smallest absolute Gasteiger partial charge is 0.232 e. The van der Waals surface area contributed by atoms with E-state index in [-0.39, 0.29) is 23.8 Å². The minimum Gasteiger partial charge on any atom is -0.493 e. The normalized spacial score (nSPS) is 19.6. The molecule has 3 aromatic rings. The number of likely N-dealkylation sites (tertiary alicyclic amines) is 1. The van der Waals surface area contributed by atoms with Crippen molar-refractivity contribution in [3.05, 3.63) is 87.9 Å². The first-order valence-electron chi connectivity index (χ1n) is 15.3. The third kappa shape index (κ3) is 7.79. The Bertz CT molecular complexity index is 1400. The number of nitrogens with zero attached hydrogens (tertiary/aromatic N) is 2. The van der Waals surface area contributed by atoms with Crippen molar-refractivity contribution in [2.24, 2.45) is 5.92 Å². The summed E-state index contributed by atoms with van der Waals surface area (Å²) in [5.74, 6) is 2.31. The summed E-state index contributed by atoms with van der Waals surface area (Å²) in [6.45, 7) is 14.1. The van der Waals surface area contributed by atoms with Gasteiger partial charge >= 0.3 is 0 Å². The van der Waals surface area contributed by atoms with Gasteiger partial charge < -0.3 is 19.2 Å². The van der Waals surface area contributed by atoms with E-state index >= 15 is 0 Å². The number of Topliss-reactive ketones (excluding diaryl/α,β-unsaturated/α-hetero) is 1. The Morgan fingerprint density at radius 2 is 1.67 bits per heavy atom. The van der Waals surface area contributed by atoms with Crippen LogP contribution in [0, 0.1) is 5.92 Å². The average Bonchev–Trinajstić information content (AvgIpc) is 3.42. The summed E-state index contributed by atoms with van der Waals surface area (Å²) in [7, 11) is 1.64. The van der Waals surface area contributed by atoms with Gasteiger partial charge in [0.05, 0.1) is 25.7 Å². The maximum absolute atomic E-state index is 13.8. The minimum absolute atomic E-state index is 0.0420. The van der Waals surface area contributed by atoms with Gasteiger partial charge in [0.2, 0.25) is 5.91 Å². The number of hydrogen-bond acceptors (Lipinski definition) is 5. The molecule has 6 nitrogen and oxygen atoms in total. The summed E-state index contributed by atoms with van der Waals surface area (Å²) >= 11 is 6.26. The van der Waals surface area contributed by atoms with Crippen LogP contribution in [-0.4, -0.2) is 42.9 Å². The van der Waals surface area contributed by atoms with E-state index in [4.69, 9.17) is 21.1 Å². The van der Waals surface area contributed by atoms with Crippen molar-refractivity contribution in [2.75, 3.05) is 25.1 Å². The van der Waals surface area contributed by atoms with Gasteiger partial charge in [0, 0.05) is 23.3 Å². The molecule has 4 atom stereocenters. The van der Waals surface area contributed by atoms with Crippen molar-refractivity contribution in [3.8, 4) is 11.5 Å². The zero-order valence-electron chi connectivity index (χ0n) is 26.5. The summed E-state index contributed by atoms with van der Waals surface area (Å²) in [6, 6.07) is 20.4. The Balaban J connectivity index is 0.000000996. The van der Waals surface area contributed by atoms with Crippen molar-refractivity contribution in [3.63, 3.8) is 0 Å². The van der Waals surface area contributed by atoms with Gasteiger partial charge in [0.25, 0.3) is 0 Å². The van der Waals surface area contributed by atoms with Gasteiger partial charge in [-0.25, -0.2) is 0 Å². The van der Waals surface area contributed by atoms with Gasteiger partial charge in [0.1, 0.15) is 5.78 Å². The minimum atomic E-state index is -0.314. The number of carbonyl (C=O) groups excluding carboxylic acids is 2. The van der Waals surface area contributed by atoms with E-state index in [9.17, 15) is 9.59 Å². The van der Waals surface area contributed by atoms with Crippen LogP contribution in [0.1, 0.15) is 88.7 Å². The van der Waals surface area contributed by atoms with Crippen LogP contribution < -0.4 is 14.4 Å². The average molecular weight is 605 g/mol. The molecule has 0 aromatic heterocycles. The fourth-order valence-electron chi connectivity index (χ4n) is 5.82. The number of carbonyl (C=O) groups is 2. The Labute approximate surface area is 261 Å². The molecule has 0 spiro atoms. The van der Waals surface area contributed by atoms with E-state index < -0.39 is 0 Å². The lowest BCUT2D eigenvalue weighted by Crippen LogP contribution is -2.41. The standard InChI is InChI=1S/C33H39ClN2O3.C3H6O/c1-6-22(3)39-31-19-29-26(17-30(31)38-5)18-32(37)36(33(29)25-7-11-27(34)12-8-25)28-13-9-24(10-14-28)23(4)35-16-15-21(2)20-35;1-3(2)4/h7-14,17,19,21-23,33H,6,15-16,18,20H2,1-5H3;1-2H3/t21-,22-,23?,33?;/m1./s1. The van der Waals surface area contributed by atoms with E-state index in [0.717, 1.165) is 47.8 Å². The molecular weight excluding hydrogens is 560 g/mol. The maximum Gasteiger partial charge on any atom is 0.232 e. The van der Waals surface area contributed by atoms with Crippen molar-refractivity contribution < 1.29 is 19.1 Å². The molecule has 0 aliphatic carbocycles. The third-order valence-corrected chi connectivity index (χ3v) is 8.59. The van der Waals surface area contributed by atoms with Crippen molar-refractivity contribution in [1.82, 2.24) is 4.90 Å². The molecule has 1 saturated heterocycles. The number of amides is 1. The number of fused-ring (bicyclic) bond motifs is 1. The molecule has 1 fully saturated rings. The van der Waals surface area contributed by atoms with Crippen molar-refractivity contribution in [2.45, 2.75) is 79.0 Å². The highest BCUT2D eigenvalue weighted by Crippen LogP contribution is 2.44. The third-order valence-electron chi connectivity index (χ3n) is 8.33. The van der Waals surface area contributed by atoms with E-state index in [1.165, 1.54) is 25.8 Å². The lowest BCUT2D eigenvalue weighted by atomic mass is 9.86. The molecule has 3 aromatic carbocycles. The van der Waals surface area contributed by atoms with Crippen LogP contribution in [0.15, 0.2) is 60.7 Å². The molecule has 2 unspecified atom stereocenters. The van der Waals surface area contributed by atoms with Gasteiger partial charge in [-0.05, 0) is 112 Å². The SMILES string of the molecule is CC(C)=O.CC[C@@H](C)Oc1cc2c(cc1OC)CC(=O)N(c1ccc(C(C)N3CC[C@@H](C)C3)cc1)C2c1ccc(Cl)cc1. The van der Waals surface area contributed by atoms with E-state index in [1.807, 2.05) is 35.2 Å². The highest BCUT2D eigenvalue weighted by molar-refractivity contribution is 6.30. The van der Waals surface area contributed by atoms with Crippen molar-refractivity contribution in [1.29, 1.82) is 0 Å². The van der Waals surface area contributed by atoms with Crippen LogP contribution in [0.2, 0.25) is 5.02 Å². The predicted octanol–water partition coefficient (Wildman–Crippen LogP) is 8.20. The largest absolute Gasteiger partial charge is 0.493 e.